The van der Waals surface area contributed by atoms with Gasteiger partial charge in [-0.25, -0.2) is 0 Å². The van der Waals surface area contributed by atoms with Gasteiger partial charge in [-0.3, -0.25) is 9.59 Å². The molecule has 2 amide bonds. The van der Waals surface area contributed by atoms with Crippen molar-refractivity contribution in [2.24, 2.45) is 5.92 Å². The zero-order chi connectivity index (χ0) is 19.0. The molecule has 0 bridgehead atoms. The molecule has 2 aliphatic rings. The number of carbonyl (C=O) groups excluding carboxylic acids is 2. The number of rotatable bonds is 3. The van der Waals surface area contributed by atoms with E-state index in [9.17, 15) is 9.59 Å². The minimum atomic E-state index is -0.121. The van der Waals surface area contributed by atoms with Crippen LogP contribution in [0.4, 0.5) is 5.00 Å². The van der Waals surface area contributed by atoms with Gasteiger partial charge in [0, 0.05) is 31.1 Å². The molecule has 144 valence electrons. The molecule has 0 spiro atoms. The van der Waals surface area contributed by atoms with Crippen LogP contribution in [-0.2, 0) is 12.8 Å². The monoisotopic (exact) mass is 403 g/mol. The molecule has 3 heterocycles. The maximum Gasteiger partial charge on any atom is 0.266 e. The summed E-state index contributed by atoms with van der Waals surface area (Å²) < 4.78 is 0. The van der Waals surface area contributed by atoms with Crippen molar-refractivity contribution in [2.45, 2.75) is 26.2 Å². The Labute approximate surface area is 168 Å². The molecule has 1 aliphatic heterocycles. The van der Waals surface area contributed by atoms with E-state index in [1.54, 1.807) is 11.3 Å². The van der Waals surface area contributed by atoms with E-state index in [4.69, 9.17) is 0 Å². The Morgan fingerprint density at radius 3 is 2.70 bits per heavy atom. The first-order valence-electron chi connectivity index (χ1n) is 9.50. The van der Waals surface area contributed by atoms with Gasteiger partial charge in [0.1, 0.15) is 5.00 Å². The summed E-state index contributed by atoms with van der Waals surface area (Å²) >= 11 is 3.02. The Bertz CT molecular complexity index is 836. The van der Waals surface area contributed by atoms with E-state index in [2.05, 4.69) is 24.2 Å². The average molecular weight is 404 g/mol. The Balaban J connectivity index is 1.65. The van der Waals surface area contributed by atoms with Gasteiger partial charge in [0.25, 0.3) is 11.8 Å². The lowest BCUT2D eigenvalue weighted by molar-refractivity contribution is 0.0664. The van der Waals surface area contributed by atoms with E-state index in [0.717, 1.165) is 56.0 Å². The highest BCUT2D eigenvalue weighted by Crippen LogP contribution is 2.40. The number of carbonyl (C=O) groups is 2. The van der Waals surface area contributed by atoms with Crippen molar-refractivity contribution in [1.82, 2.24) is 9.80 Å². The Hall–Kier alpha value is -1.70. The predicted octanol–water partition coefficient (Wildman–Crippen LogP) is 3.57. The highest BCUT2D eigenvalue weighted by molar-refractivity contribution is 7.17. The third-order valence-corrected chi connectivity index (χ3v) is 7.53. The number of anilines is 1. The fourth-order valence-electron chi connectivity index (χ4n) is 3.81. The van der Waals surface area contributed by atoms with Gasteiger partial charge in [-0.15, -0.1) is 22.7 Å². The van der Waals surface area contributed by atoms with Gasteiger partial charge in [-0.2, -0.15) is 0 Å². The van der Waals surface area contributed by atoms with Crippen LogP contribution in [0.5, 0.6) is 0 Å². The summed E-state index contributed by atoms with van der Waals surface area (Å²) in [6, 6.07) is 3.69. The highest BCUT2D eigenvalue weighted by atomic mass is 32.1. The van der Waals surface area contributed by atoms with Crippen LogP contribution in [0.25, 0.3) is 0 Å². The summed E-state index contributed by atoms with van der Waals surface area (Å²) in [5.74, 6) is 0.587. The molecule has 1 saturated heterocycles. The second-order valence-corrected chi connectivity index (χ2v) is 9.64. The quantitative estimate of drug-likeness (QED) is 0.852. The Morgan fingerprint density at radius 2 is 2.00 bits per heavy atom. The third-order valence-electron chi connectivity index (χ3n) is 5.49. The molecule has 2 aromatic heterocycles. The van der Waals surface area contributed by atoms with Crippen molar-refractivity contribution in [2.75, 3.05) is 38.5 Å². The second kappa shape index (κ2) is 7.73. The third kappa shape index (κ3) is 3.81. The van der Waals surface area contributed by atoms with E-state index in [1.165, 1.54) is 21.8 Å². The number of piperazine rings is 1. The van der Waals surface area contributed by atoms with E-state index >= 15 is 0 Å². The number of hydrogen-bond donors (Lipinski definition) is 1. The molecular formula is C20H25N3O2S2. The van der Waals surface area contributed by atoms with E-state index in [1.807, 2.05) is 22.4 Å². The second-order valence-electron chi connectivity index (χ2n) is 7.58. The number of likely N-dealkylation sites (N-methyl/N-ethyl adjacent to an activating group) is 1. The molecule has 0 aromatic carbocycles. The van der Waals surface area contributed by atoms with Gasteiger partial charge in [0.05, 0.1) is 10.4 Å². The number of amides is 2. The first-order valence-corrected chi connectivity index (χ1v) is 11.2. The van der Waals surface area contributed by atoms with Crippen molar-refractivity contribution in [3.05, 3.63) is 38.4 Å². The summed E-state index contributed by atoms with van der Waals surface area (Å²) in [4.78, 5) is 32.1. The normalized spacial score (nSPS) is 20.4. The lowest BCUT2D eigenvalue weighted by atomic mass is 9.88. The van der Waals surface area contributed by atoms with Gasteiger partial charge in [0.2, 0.25) is 0 Å². The molecule has 0 saturated carbocycles. The fourth-order valence-corrected chi connectivity index (χ4v) is 5.82. The molecule has 1 fully saturated rings. The van der Waals surface area contributed by atoms with Crippen LogP contribution in [0.3, 0.4) is 0 Å². The summed E-state index contributed by atoms with van der Waals surface area (Å²) in [5, 5.41) is 5.67. The molecule has 4 rings (SSSR count). The number of hydrogen-bond acceptors (Lipinski definition) is 5. The largest absolute Gasteiger partial charge is 0.336 e. The van der Waals surface area contributed by atoms with Crippen molar-refractivity contribution in [3.8, 4) is 0 Å². The fraction of sp³-hybridized carbons (Fsp3) is 0.500. The number of fused-ring (bicyclic) bond motifs is 1. The van der Waals surface area contributed by atoms with Crippen molar-refractivity contribution in [3.63, 3.8) is 0 Å². The molecular weight excluding hydrogens is 378 g/mol. The van der Waals surface area contributed by atoms with E-state index in [0.29, 0.717) is 10.8 Å². The molecule has 1 N–H and O–H groups in total. The minimum absolute atomic E-state index is 0.0802. The van der Waals surface area contributed by atoms with Crippen LogP contribution < -0.4 is 5.32 Å². The van der Waals surface area contributed by atoms with Crippen molar-refractivity contribution >= 4 is 39.5 Å². The first-order chi connectivity index (χ1) is 13.0. The summed E-state index contributed by atoms with van der Waals surface area (Å²) in [6.45, 7) is 5.54. The maximum absolute atomic E-state index is 13.4. The smallest absolute Gasteiger partial charge is 0.266 e. The van der Waals surface area contributed by atoms with Crippen LogP contribution >= 0.6 is 22.7 Å². The molecule has 27 heavy (non-hydrogen) atoms. The van der Waals surface area contributed by atoms with E-state index < -0.39 is 0 Å². The van der Waals surface area contributed by atoms with Crippen LogP contribution in [-0.4, -0.2) is 54.8 Å². The SMILES string of the molecule is C[C@H]1CCc2c(sc(NC(=O)c3cccs3)c2C(=O)N2CCN(C)CC2)C1. The lowest BCUT2D eigenvalue weighted by Crippen LogP contribution is -2.47. The molecule has 1 atom stereocenters. The van der Waals surface area contributed by atoms with Gasteiger partial charge >= 0.3 is 0 Å². The van der Waals surface area contributed by atoms with Crippen LogP contribution in [0.2, 0.25) is 0 Å². The highest BCUT2D eigenvalue weighted by Gasteiger charge is 2.31. The summed E-state index contributed by atoms with van der Waals surface area (Å²) in [7, 11) is 2.09. The predicted molar refractivity (Wildman–Crippen MR) is 111 cm³/mol. The average Bonchev–Trinajstić information content (AvgIpc) is 3.29. The van der Waals surface area contributed by atoms with Crippen LogP contribution in [0, 0.1) is 5.92 Å². The van der Waals surface area contributed by atoms with Gasteiger partial charge in [-0.1, -0.05) is 13.0 Å². The summed E-state index contributed by atoms with van der Waals surface area (Å²) in [5.41, 5.74) is 1.92. The Kier molecular flexibility index (Phi) is 5.34. The topological polar surface area (TPSA) is 52.7 Å². The Morgan fingerprint density at radius 1 is 1.22 bits per heavy atom. The first kappa shape index (κ1) is 18.7. The lowest BCUT2D eigenvalue weighted by Gasteiger charge is -2.33. The molecule has 0 radical (unpaired) electrons. The molecule has 7 heteroatoms. The molecule has 2 aromatic rings. The van der Waals surface area contributed by atoms with Gasteiger partial charge in [0.15, 0.2) is 0 Å². The number of nitrogens with zero attached hydrogens (tertiary/aromatic N) is 2. The molecule has 5 nitrogen and oxygen atoms in total. The molecule has 0 unspecified atom stereocenters. The summed E-state index contributed by atoms with van der Waals surface area (Å²) in [6.07, 6.45) is 3.03. The van der Waals surface area contributed by atoms with Crippen molar-refractivity contribution in [1.29, 1.82) is 0 Å². The number of nitrogens with one attached hydrogen (secondary N) is 1. The minimum Gasteiger partial charge on any atom is -0.336 e. The van der Waals surface area contributed by atoms with Crippen molar-refractivity contribution < 1.29 is 9.59 Å². The van der Waals surface area contributed by atoms with Gasteiger partial charge in [-0.05, 0) is 49.2 Å². The standard InChI is InChI=1S/C20H25N3O2S2/c1-13-5-6-14-16(12-13)27-19(21-18(24)15-4-3-11-26-15)17(14)20(25)23-9-7-22(2)8-10-23/h3-4,11,13H,5-10,12H2,1-2H3,(H,21,24)/t13-/m0/s1. The van der Waals surface area contributed by atoms with Gasteiger partial charge < -0.3 is 15.1 Å². The van der Waals surface area contributed by atoms with Crippen LogP contribution in [0.1, 0.15) is 43.8 Å². The van der Waals surface area contributed by atoms with Crippen LogP contribution in [0.15, 0.2) is 17.5 Å². The maximum atomic E-state index is 13.4. The zero-order valence-electron chi connectivity index (χ0n) is 15.8. The number of thiophene rings is 2. The zero-order valence-corrected chi connectivity index (χ0v) is 17.4. The van der Waals surface area contributed by atoms with E-state index in [-0.39, 0.29) is 11.8 Å². The molecule has 1 aliphatic carbocycles.